The van der Waals surface area contributed by atoms with Crippen molar-refractivity contribution in [2.24, 2.45) is 0 Å². The van der Waals surface area contributed by atoms with Crippen LogP contribution in [0.5, 0.6) is 5.75 Å². The molecule has 0 radical (unpaired) electrons. The highest BCUT2D eigenvalue weighted by molar-refractivity contribution is 7.18. The van der Waals surface area contributed by atoms with E-state index >= 15 is 0 Å². The van der Waals surface area contributed by atoms with Gasteiger partial charge in [0.15, 0.2) is 6.10 Å². The largest absolute Gasteiger partial charge is 0.478 e. The number of nitrogens with one attached hydrogen (secondary N) is 2. The molecule has 1 aromatic heterocycles. The molecular weight excluding hydrogens is 338 g/mol. The van der Waals surface area contributed by atoms with Crippen molar-refractivity contribution < 1.29 is 14.3 Å². The van der Waals surface area contributed by atoms with Crippen molar-refractivity contribution in [3.05, 3.63) is 47.5 Å². The van der Waals surface area contributed by atoms with Gasteiger partial charge in [0.2, 0.25) is 5.91 Å². The van der Waals surface area contributed by atoms with Gasteiger partial charge in [-0.1, -0.05) is 12.1 Å². The minimum atomic E-state index is -0.843. The molecule has 6 nitrogen and oxygen atoms in total. The summed E-state index contributed by atoms with van der Waals surface area (Å²) in [5.41, 5.74) is 2.21. The molecule has 1 aliphatic rings. The summed E-state index contributed by atoms with van der Waals surface area (Å²) >= 11 is 1.57. The maximum atomic E-state index is 12.3. The smallest absolute Gasteiger partial charge is 0.266 e. The van der Waals surface area contributed by atoms with Crippen LogP contribution in [0.2, 0.25) is 0 Å². The number of fused-ring (bicyclic) bond motifs is 2. The normalized spacial score (nSPS) is 16.0. The lowest BCUT2D eigenvalue weighted by Gasteiger charge is -2.25. The Morgan fingerprint density at radius 2 is 2.16 bits per heavy atom. The Morgan fingerprint density at radius 3 is 3.04 bits per heavy atom. The number of benzene rings is 2. The molecule has 0 saturated carbocycles. The lowest BCUT2D eigenvalue weighted by molar-refractivity contribution is -0.128. The number of amides is 2. The first-order chi connectivity index (χ1) is 12.1. The molecule has 2 heterocycles. The Hall–Kier alpha value is -2.93. The van der Waals surface area contributed by atoms with Crippen molar-refractivity contribution in [3.63, 3.8) is 0 Å². The van der Waals surface area contributed by atoms with Crippen LogP contribution in [0, 0.1) is 6.92 Å². The van der Waals surface area contributed by atoms with Crippen molar-refractivity contribution in [1.29, 1.82) is 0 Å². The first-order valence-corrected chi connectivity index (χ1v) is 8.64. The molecule has 7 heteroatoms. The van der Waals surface area contributed by atoms with Crippen LogP contribution in [0.4, 0.5) is 11.4 Å². The van der Waals surface area contributed by atoms with Gasteiger partial charge in [-0.05, 0) is 37.3 Å². The van der Waals surface area contributed by atoms with E-state index in [0.717, 1.165) is 15.2 Å². The Kier molecular flexibility index (Phi) is 3.85. The van der Waals surface area contributed by atoms with Crippen molar-refractivity contribution in [2.75, 3.05) is 10.6 Å². The molecule has 126 valence electrons. The Balaban J connectivity index is 1.45. The Bertz CT molecular complexity index is 983. The number of carbonyl (C=O) groups is 2. The summed E-state index contributed by atoms with van der Waals surface area (Å²) in [6.07, 6.45) is -0.899. The van der Waals surface area contributed by atoms with Crippen LogP contribution in [0.15, 0.2) is 42.5 Å². The van der Waals surface area contributed by atoms with Crippen molar-refractivity contribution >= 4 is 44.7 Å². The minimum Gasteiger partial charge on any atom is -0.478 e. The van der Waals surface area contributed by atoms with Crippen LogP contribution in [0.25, 0.3) is 10.2 Å². The van der Waals surface area contributed by atoms with Gasteiger partial charge in [0, 0.05) is 5.69 Å². The predicted octanol–water partition coefficient (Wildman–Crippen LogP) is 3.33. The summed E-state index contributed by atoms with van der Waals surface area (Å²) in [4.78, 5) is 28.8. The summed E-state index contributed by atoms with van der Waals surface area (Å²) < 4.78 is 6.66. The van der Waals surface area contributed by atoms with E-state index < -0.39 is 6.10 Å². The summed E-state index contributed by atoms with van der Waals surface area (Å²) in [7, 11) is 0. The third-order valence-corrected chi connectivity index (χ3v) is 4.79. The average Bonchev–Trinajstić information content (AvgIpc) is 2.95. The Morgan fingerprint density at radius 1 is 1.32 bits per heavy atom. The van der Waals surface area contributed by atoms with Gasteiger partial charge in [-0.2, -0.15) is 0 Å². The number of thiazole rings is 1. The monoisotopic (exact) mass is 353 g/mol. The average molecular weight is 353 g/mol. The number of para-hydroxylation sites is 2. The molecule has 25 heavy (non-hydrogen) atoms. The van der Waals surface area contributed by atoms with Crippen LogP contribution in [-0.2, 0) is 9.59 Å². The van der Waals surface area contributed by atoms with Crippen LogP contribution in [0.3, 0.4) is 0 Å². The fraction of sp³-hybridized carbons (Fsp3) is 0.167. The molecule has 1 atom stereocenters. The van der Waals surface area contributed by atoms with Crippen LogP contribution in [-0.4, -0.2) is 22.9 Å². The van der Waals surface area contributed by atoms with E-state index in [0.29, 0.717) is 17.1 Å². The first-order valence-electron chi connectivity index (χ1n) is 7.82. The third-order valence-electron chi connectivity index (χ3n) is 3.86. The van der Waals surface area contributed by atoms with E-state index in [-0.39, 0.29) is 18.2 Å². The molecular formula is C18H15N3O3S. The van der Waals surface area contributed by atoms with E-state index in [2.05, 4.69) is 15.6 Å². The second kappa shape index (κ2) is 6.18. The number of carbonyl (C=O) groups excluding carboxylic acids is 2. The molecule has 1 aliphatic heterocycles. The van der Waals surface area contributed by atoms with E-state index in [4.69, 9.17) is 4.74 Å². The van der Waals surface area contributed by atoms with Gasteiger partial charge < -0.3 is 15.4 Å². The molecule has 2 N–H and O–H groups in total. The minimum absolute atomic E-state index is 0.0556. The molecule has 0 spiro atoms. The van der Waals surface area contributed by atoms with E-state index in [1.54, 1.807) is 29.5 Å². The van der Waals surface area contributed by atoms with Crippen molar-refractivity contribution in [2.45, 2.75) is 19.4 Å². The molecule has 3 aromatic rings. The second-order valence-electron chi connectivity index (χ2n) is 5.76. The fourth-order valence-electron chi connectivity index (χ4n) is 2.73. The highest BCUT2D eigenvalue weighted by Gasteiger charge is 2.29. The number of aryl methyl sites for hydroxylation is 1. The number of rotatable bonds is 3. The zero-order valence-electron chi connectivity index (χ0n) is 13.4. The standard InChI is InChI=1S/C18H15N3O3S/c1-10-19-13-7-6-11(8-16(13)25-10)20-17(22)9-15-18(23)21-12-4-2-3-5-14(12)24-15/h2-8,15H,9H2,1H3,(H,20,22)(H,21,23)/t15-/m0/s1. The highest BCUT2D eigenvalue weighted by atomic mass is 32.1. The van der Waals surface area contributed by atoms with E-state index in [9.17, 15) is 9.59 Å². The summed E-state index contributed by atoms with van der Waals surface area (Å²) in [5.74, 6) is -0.0241. The third kappa shape index (κ3) is 3.18. The van der Waals surface area contributed by atoms with Gasteiger partial charge in [0.1, 0.15) is 5.75 Å². The first kappa shape index (κ1) is 15.6. The van der Waals surface area contributed by atoms with Crippen LogP contribution in [0.1, 0.15) is 11.4 Å². The van der Waals surface area contributed by atoms with Crippen LogP contribution >= 0.6 is 11.3 Å². The second-order valence-corrected chi connectivity index (χ2v) is 6.99. The van der Waals surface area contributed by atoms with Gasteiger partial charge in [-0.3, -0.25) is 9.59 Å². The quantitative estimate of drug-likeness (QED) is 0.757. The number of anilines is 2. The van der Waals surface area contributed by atoms with Crippen LogP contribution < -0.4 is 15.4 Å². The maximum absolute atomic E-state index is 12.3. The van der Waals surface area contributed by atoms with Gasteiger partial charge in [-0.15, -0.1) is 11.3 Å². The number of hydrogen-bond acceptors (Lipinski definition) is 5. The summed E-state index contributed by atoms with van der Waals surface area (Å²) in [6.45, 7) is 1.94. The molecule has 2 amide bonds. The molecule has 0 bridgehead atoms. The maximum Gasteiger partial charge on any atom is 0.266 e. The molecule has 2 aromatic carbocycles. The zero-order valence-corrected chi connectivity index (χ0v) is 14.2. The highest BCUT2D eigenvalue weighted by Crippen LogP contribution is 2.30. The van der Waals surface area contributed by atoms with Gasteiger partial charge in [-0.25, -0.2) is 4.98 Å². The number of aromatic nitrogens is 1. The molecule has 4 rings (SSSR count). The molecule has 0 saturated heterocycles. The molecule has 0 unspecified atom stereocenters. The number of hydrogen-bond donors (Lipinski definition) is 2. The zero-order chi connectivity index (χ0) is 17.4. The summed E-state index contributed by atoms with van der Waals surface area (Å²) in [5, 5.41) is 6.55. The van der Waals surface area contributed by atoms with E-state index in [1.807, 2.05) is 31.2 Å². The number of nitrogens with zero attached hydrogens (tertiary/aromatic N) is 1. The van der Waals surface area contributed by atoms with Gasteiger partial charge in [0.25, 0.3) is 5.91 Å². The van der Waals surface area contributed by atoms with Crippen molar-refractivity contribution in [1.82, 2.24) is 4.98 Å². The number of ether oxygens (including phenoxy) is 1. The predicted molar refractivity (Wildman–Crippen MR) is 97.1 cm³/mol. The Labute approximate surface area is 147 Å². The SMILES string of the molecule is Cc1nc2ccc(NC(=O)C[C@@H]3Oc4ccccc4NC3=O)cc2s1. The lowest BCUT2D eigenvalue weighted by Crippen LogP contribution is -2.39. The molecule has 0 aliphatic carbocycles. The van der Waals surface area contributed by atoms with Crippen molar-refractivity contribution in [3.8, 4) is 5.75 Å². The topological polar surface area (TPSA) is 80.3 Å². The lowest BCUT2D eigenvalue weighted by atomic mass is 10.1. The summed E-state index contributed by atoms with van der Waals surface area (Å²) in [6, 6.07) is 12.7. The fourth-order valence-corrected chi connectivity index (χ4v) is 3.59. The van der Waals surface area contributed by atoms with E-state index in [1.165, 1.54) is 0 Å². The van der Waals surface area contributed by atoms with Gasteiger partial charge in [0.05, 0.1) is 27.3 Å². The van der Waals surface area contributed by atoms with Gasteiger partial charge >= 0.3 is 0 Å². The molecule has 0 fully saturated rings.